The highest BCUT2D eigenvalue weighted by atomic mass is 32.1. The molecular formula is C22H29N5O4S. The third-order valence-electron chi connectivity index (χ3n) is 5.33. The number of carbonyl (C=O) groups excluding carboxylic acids is 3. The molecule has 9 nitrogen and oxygen atoms in total. The molecule has 0 atom stereocenters. The number of hydrogen-bond acceptors (Lipinski definition) is 7. The van der Waals surface area contributed by atoms with Gasteiger partial charge >= 0.3 is 0 Å². The van der Waals surface area contributed by atoms with Crippen LogP contribution in [0, 0.1) is 12.8 Å². The number of benzene rings is 1. The fraction of sp³-hybridized carbons (Fsp3) is 0.500. The van der Waals surface area contributed by atoms with E-state index in [4.69, 9.17) is 4.74 Å². The molecule has 3 rings (SSSR count). The van der Waals surface area contributed by atoms with Gasteiger partial charge in [-0.1, -0.05) is 29.0 Å². The Hall–Kier alpha value is -2.85. The van der Waals surface area contributed by atoms with Gasteiger partial charge in [0.25, 0.3) is 11.8 Å². The van der Waals surface area contributed by atoms with Gasteiger partial charge < -0.3 is 20.3 Å². The number of nitrogens with one attached hydrogen (secondary N) is 2. The number of amides is 3. The second kappa shape index (κ2) is 11.7. The van der Waals surface area contributed by atoms with Crippen LogP contribution in [0.15, 0.2) is 24.3 Å². The molecule has 0 unspecified atom stereocenters. The van der Waals surface area contributed by atoms with Crippen LogP contribution in [0.1, 0.15) is 50.9 Å². The van der Waals surface area contributed by atoms with Crippen LogP contribution in [0.3, 0.4) is 0 Å². The van der Waals surface area contributed by atoms with E-state index < -0.39 is 0 Å². The van der Waals surface area contributed by atoms with Gasteiger partial charge in [0.2, 0.25) is 15.9 Å². The molecule has 0 aliphatic carbocycles. The molecule has 1 saturated heterocycles. The number of hydrogen-bond donors (Lipinski definition) is 2. The predicted octanol–water partition coefficient (Wildman–Crippen LogP) is 2.49. The third kappa shape index (κ3) is 6.83. The quantitative estimate of drug-likeness (QED) is 0.557. The number of aryl methyl sites for hydroxylation is 1. The Kier molecular flexibility index (Phi) is 8.69. The summed E-state index contributed by atoms with van der Waals surface area (Å²) in [4.78, 5) is 38.9. The van der Waals surface area contributed by atoms with Gasteiger partial charge in [0.05, 0.1) is 0 Å². The summed E-state index contributed by atoms with van der Waals surface area (Å²) in [7, 11) is 1.64. The maximum absolute atomic E-state index is 12.8. The van der Waals surface area contributed by atoms with E-state index in [9.17, 15) is 14.4 Å². The van der Waals surface area contributed by atoms with E-state index in [-0.39, 0.29) is 33.7 Å². The van der Waals surface area contributed by atoms with Gasteiger partial charge in [0.1, 0.15) is 0 Å². The Morgan fingerprint density at radius 3 is 2.50 bits per heavy atom. The van der Waals surface area contributed by atoms with Crippen LogP contribution in [0.4, 0.5) is 5.69 Å². The minimum atomic E-state index is -0.388. The number of carbonyl (C=O) groups is 3. The van der Waals surface area contributed by atoms with Crippen LogP contribution >= 0.6 is 11.3 Å². The minimum Gasteiger partial charge on any atom is -0.385 e. The fourth-order valence-corrected chi connectivity index (χ4v) is 4.18. The average molecular weight is 460 g/mol. The molecule has 1 aromatic heterocycles. The number of aromatic nitrogens is 2. The smallest absolute Gasteiger partial charge is 0.286 e. The van der Waals surface area contributed by atoms with Gasteiger partial charge in [0.15, 0.2) is 0 Å². The normalized spacial score (nSPS) is 14.2. The average Bonchev–Trinajstić information content (AvgIpc) is 3.29. The molecule has 0 spiro atoms. The molecular weight excluding hydrogens is 430 g/mol. The monoisotopic (exact) mass is 459 g/mol. The maximum atomic E-state index is 12.8. The summed E-state index contributed by atoms with van der Waals surface area (Å²) in [5, 5.41) is 13.8. The zero-order valence-electron chi connectivity index (χ0n) is 18.4. The molecule has 0 saturated carbocycles. The van der Waals surface area contributed by atoms with Crippen molar-refractivity contribution in [2.75, 3.05) is 38.7 Å². The van der Waals surface area contributed by atoms with E-state index in [1.807, 2.05) is 31.2 Å². The summed E-state index contributed by atoms with van der Waals surface area (Å²) in [5.74, 6) is -0.314. The number of anilines is 1. The molecule has 1 aliphatic rings. The number of piperidine rings is 1. The first-order valence-electron chi connectivity index (χ1n) is 10.7. The van der Waals surface area contributed by atoms with Crippen LogP contribution in [-0.4, -0.2) is 66.2 Å². The molecule has 1 aromatic carbocycles. The van der Waals surface area contributed by atoms with Crippen molar-refractivity contribution in [3.05, 3.63) is 39.8 Å². The summed E-state index contributed by atoms with van der Waals surface area (Å²) in [5.41, 5.74) is 1.76. The Bertz CT molecular complexity index is 923. The van der Waals surface area contributed by atoms with Crippen molar-refractivity contribution in [2.45, 2.75) is 32.6 Å². The molecule has 10 heteroatoms. The number of methoxy groups -OCH3 is 1. The van der Waals surface area contributed by atoms with E-state index in [0.29, 0.717) is 38.3 Å². The Morgan fingerprint density at radius 2 is 1.81 bits per heavy atom. The zero-order valence-corrected chi connectivity index (χ0v) is 19.2. The second-order valence-electron chi connectivity index (χ2n) is 7.87. The van der Waals surface area contributed by atoms with Crippen molar-refractivity contribution in [1.29, 1.82) is 0 Å². The second-order valence-corrected chi connectivity index (χ2v) is 8.85. The van der Waals surface area contributed by atoms with Crippen molar-refractivity contribution in [1.82, 2.24) is 20.4 Å². The van der Waals surface area contributed by atoms with Gasteiger partial charge in [0, 0.05) is 45.5 Å². The van der Waals surface area contributed by atoms with Crippen molar-refractivity contribution < 1.29 is 19.1 Å². The van der Waals surface area contributed by atoms with Crippen molar-refractivity contribution in [3.63, 3.8) is 0 Å². The number of likely N-dealkylation sites (tertiary alicyclic amines) is 1. The lowest BCUT2D eigenvalue weighted by atomic mass is 9.93. The first-order valence-corrected chi connectivity index (χ1v) is 11.5. The summed E-state index contributed by atoms with van der Waals surface area (Å²) in [6, 6.07) is 7.42. The highest BCUT2D eigenvalue weighted by Crippen LogP contribution is 2.23. The lowest BCUT2D eigenvalue weighted by Gasteiger charge is -2.31. The van der Waals surface area contributed by atoms with Gasteiger partial charge in [-0.15, -0.1) is 10.2 Å². The third-order valence-corrected chi connectivity index (χ3v) is 6.24. The van der Waals surface area contributed by atoms with Gasteiger partial charge in [-0.25, -0.2) is 0 Å². The molecule has 0 bridgehead atoms. The van der Waals surface area contributed by atoms with Crippen molar-refractivity contribution in [2.24, 2.45) is 5.92 Å². The van der Waals surface area contributed by atoms with E-state index in [1.165, 1.54) is 0 Å². The highest BCUT2D eigenvalue weighted by molar-refractivity contribution is 7.15. The molecule has 32 heavy (non-hydrogen) atoms. The maximum Gasteiger partial charge on any atom is 0.286 e. The SMILES string of the molecule is COCCCNC(=O)CC1CCN(C(=O)c2nnc(C(=O)Nc3ccc(C)cc3)s2)CC1. The Morgan fingerprint density at radius 1 is 1.12 bits per heavy atom. The number of nitrogens with zero attached hydrogens (tertiary/aromatic N) is 3. The van der Waals surface area contributed by atoms with Crippen LogP contribution in [-0.2, 0) is 9.53 Å². The summed E-state index contributed by atoms with van der Waals surface area (Å²) in [6.07, 6.45) is 2.78. The molecule has 2 heterocycles. The largest absolute Gasteiger partial charge is 0.385 e. The van der Waals surface area contributed by atoms with Crippen LogP contribution in [0.25, 0.3) is 0 Å². The van der Waals surface area contributed by atoms with E-state index in [2.05, 4.69) is 20.8 Å². The molecule has 1 aliphatic heterocycles. The Labute approximate surface area is 191 Å². The van der Waals surface area contributed by atoms with E-state index >= 15 is 0 Å². The van der Waals surface area contributed by atoms with Gasteiger partial charge in [-0.05, 0) is 44.2 Å². The van der Waals surface area contributed by atoms with E-state index in [1.54, 1.807) is 12.0 Å². The molecule has 2 aromatic rings. The molecule has 2 N–H and O–H groups in total. The Balaban J connectivity index is 1.45. The summed E-state index contributed by atoms with van der Waals surface area (Å²) < 4.78 is 4.97. The molecule has 0 radical (unpaired) electrons. The topological polar surface area (TPSA) is 114 Å². The summed E-state index contributed by atoms with van der Waals surface area (Å²) in [6.45, 7) is 4.33. The summed E-state index contributed by atoms with van der Waals surface area (Å²) >= 11 is 0.990. The van der Waals surface area contributed by atoms with Crippen molar-refractivity contribution in [3.8, 4) is 0 Å². The van der Waals surface area contributed by atoms with Crippen LogP contribution in [0.2, 0.25) is 0 Å². The first-order chi connectivity index (χ1) is 15.5. The number of rotatable bonds is 9. The minimum absolute atomic E-state index is 0.0410. The van der Waals surface area contributed by atoms with Crippen LogP contribution < -0.4 is 10.6 Å². The zero-order chi connectivity index (χ0) is 22.9. The van der Waals surface area contributed by atoms with Crippen LogP contribution in [0.5, 0.6) is 0 Å². The molecule has 3 amide bonds. The fourth-order valence-electron chi connectivity index (χ4n) is 3.48. The molecule has 172 valence electrons. The van der Waals surface area contributed by atoms with Crippen molar-refractivity contribution >= 4 is 34.7 Å². The van der Waals surface area contributed by atoms with Gasteiger partial charge in [-0.3, -0.25) is 14.4 Å². The molecule has 1 fully saturated rings. The lowest BCUT2D eigenvalue weighted by Crippen LogP contribution is -2.39. The standard InChI is InChI=1S/C22H29N5O4S/c1-15-4-6-17(7-5-15)24-19(29)20-25-26-21(32-20)22(30)27-11-8-16(9-12-27)14-18(28)23-10-3-13-31-2/h4-7,16H,3,8-14H2,1-2H3,(H,23,28)(H,24,29). The number of ether oxygens (including phenoxy) is 1. The van der Waals surface area contributed by atoms with Gasteiger partial charge in [-0.2, -0.15) is 0 Å². The first kappa shape index (κ1) is 23.8. The lowest BCUT2D eigenvalue weighted by molar-refractivity contribution is -0.122. The highest BCUT2D eigenvalue weighted by Gasteiger charge is 2.27. The van der Waals surface area contributed by atoms with E-state index in [0.717, 1.165) is 36.2 Å². The predicted molar refractivity (Wildman–Crippen MR) is 122 cm³/mol.